The van der Waals surface area contributed by atoms with E-state index in [1.807, 2.05) is 0 Å². The van der Waals surface area contributed by atoms with E-state index in [2.05, 4.69) is 0 Å². The van der Waals surface area contributed by atoms with Crippen LogP contribution in [-0.4, -0.2) is 31.1 Å². The maximum atomic E-state index is 12.7. The van der Waals surface area contributed by atoms with Crippen LogP contribution in [0.1, 0.15) is 15.9 Å². The summed E-state index contributed by atoms with van der Waals surface area (Å²) in [6.07, 6.45) is 0. The Morgan fingerprint density at radius 2 is 1.50 bits per heavy atom. The van der Waals surface area contributed by atoms with Crippen LogP contribution in [0.3, 0.4) is 0 Å². The van der Waals surface area contributed by atoms with E-state index in [9.17, 15) is 18.0 Å². The summed E-state index contributed by atoms with van der Waals surface area (Å²) in [5.74, 6) is -1.14. The van der Waals surface area contributed by atoms with Crippen molar-refractivity contribution >= 4 is 5.97 Å². The molecule has 0 amide bonds. The van der Waals surface area contributed by atoms with Gasteiger partial charge in [0.1, 0.15) is 20.0 Å². The zero-order valence-electron chi connectivity index (χ0n) is 8.42. The van der Waals surface area contributed by atoms with Gasteiger partial charge in [-0.25, -0.2) is 18.0 Å². The largest absolute Gasteiger partial charge is 0.478 e. The van der Waals surface area contributed by atoms with Crippen molar-refractivity contribution in [3.63, 3.8) is 0 Å². The number of halogens is 3. The third-order valence-corrected chi connectivity index (χ3v) is 2.51. The Morgan fingerprint density at radius 3 is 1.81 bits per heavy atom. The number of hydrogen-bond donors (Lipinski definition) is 1. The highest BCUT2D eigenvalue weighted by Crippen LogP contribution is 2.26. The number of rotatable bonds is 5. The van der Waals surface area contributed by atoms with Gasteiger partial charge in [0.05, 0.1) is 11.0 Å². The van der Waals surface area contributed by atoms with Crippen LogP contribution in [-0.2, 0) is 5.41 Å². The fourth-order valence-corrected chi connectivity index (χ4v) is 1.30. The molecule has 0 bridgehead atoms. The molecule has 5 heteroatoms. The number of carbonyl (C=O) groups is 1. The van der Waals surface area contributed by atoms with Crippen LogP contribution < -0.4 is 0 Å². The molecule has 88 valence electrons. The van der Waals surface area contributed by atoms with Gasteiger partial charge in [0, 0.05) is 0 Å². The summed E-state index contributed by atoms with van der Waals surface area (Å²) >= 11 is 0. The summed E-state index contributed by atoms with van der Waals surface area (Å²) in [6, 6.07) is 4.88. The van der Waals surface area contributed by atoms with Crippen LogP contribution in [0.2, 0.25) is 0 Å². The Bertz CT molecular complexity index is 350. The molecule has 0 radical (unpaired) electrons. The van der Waals surface area contributed by atoms with E-state index in [4.69, 9.17) is 5.11 Å². The molecule has 0 aliphatic heterocycles. The molecule has 1 rings (SSSR count). The summed E-state index contributed by atoms with van der Waals surface area (Å²) < 4.78 is 38.0. The lowest BCUT2D eigenvalue weighted by Crippen LogP contribution is -2.33. The van der Waals surface area contributed by atoms with Gasteiger partial charge in [-0.05, 0) is 17.7 Å². The van der Waals surface area contributed by atoms with E-state index in [0.717, 1.165) is 0 Å². The Kier molecular flexibility index (Phi) is 3.93. The lowest BCUT2D eigenvalue weighted by molar-refractivity contribution is 0.0697. The Morgan fingerprint density at radius 1 is 1.06 bits per heavy atom. The average molecular weight is 232 g/mol. The molecular weight excluding hydrogens is 221 g/mol. The van der Waals surface area contributed by atoms with Gasteiger partial charge in [0.25, 0.3) is 0 Å². The van der Waals surface area contributed by atoms with Crippen molar-refractivity contribution in [3.8, 4) is 0 Å². The molecule has 0 saturated carbocycles. The first-order valence-corrected chi connectivity index (χ1v) is 4.61. The molecular formula is C11H11F3O2. The molecule has 0 aliphatic carbocycles. The molecule has 1 aromatic carbocycles. The Labute approximate surface area is 90.7 Å². The number of carboxylic acid groups (broad SMARTS) is 1. The molecule has 16 heavy (non-hydrogen) atoms. The minimum Gasteiger partial charge on any atom is -0.478 e. The fraction of sp³-hybridized carbons (Fsp3) is 0.364. The number of aromatic carboxylic acids is 1. The molecule has 0 spiro atoms. The number of benzene rings is 1. The third-order valence-electron chi connectivity index (χ3n) is 2.51. The quantitative estimate of drug-likeness (QED) is 0.847. The second-order valence-corrected chi connectivity index (χ2v) is 3.56. The maximum absolute atomic E-state index is 12.7. The normalized spacial score (nSPS) is 11.4. The zero-order valence-corrected chi connectivity index (χ0v) is 8.42. The Balaban J connectivity index is 3.08. The smallest absolute Gasteiger partial charge is 0.335 e. The first kappa shape index (κ1) is 12.5. The van der Waals surface area contributed by atoms with Crippen LogP contribution in [0.4, 0.5) is 13.2 Å². The summed E-state index contributed by atoms with van der Waals surface area (Å²) in [6.45, 7) is -3.48. The molecule has 2 nitrogen and oxygen atoms in total. The van der Waals surface area contributed by atoms with Gasteiger partial charge in [0.2, 0.25) is 0 Å². The fourth-order valence-electron chi connectivity index (χ4n) is 1.30. The van der Waals surface area contributed by atoms with E-state index in [-0.39, 0.29) is 11.1 Å². The molecule has 0 fully saturated rings. The van der Waals surface area contributed by atoms with Crippen molar-refractivity contribution in [2.45, 2.75) is 5.41 Å². The van der Waals surface area contributed by atoms with Crippen molar-refractivity contribution in [3.05, 3.63) is 35.4 Å². The minimum absolute atomic E-state index is 0.00535. The molecule has 0 saturated heterocycles. The number of carboxylic acids is 1. The SMILES string of the molecule is O=C(O)c1ccc(C(CF)(CF)CF)cc1. The molecule has 1 N–H and O–H groups in total. The third kappa shape index (κ3) is 2.18. The topological polar surface area (TPSA) is 37.3 Å². The van der Waals surface area contributed by atoms with Crippen LogP contribution in [0.15, 0.2) is 24.3 Å². The van der Waals surface area contributed by atoms with Crippen LogP contribution in [0.25, 0.3) is 0 Å². The van der Waals surface area contributed by atoms with E-state index < -0.39 is 31.4 Å². The van der Waals surface area contributed by atoms with Gasteiger partial charge in [0.15, 0.2) is 0 Å². The highest BCUT2D eigenvalue weighted by atomic mass is 19.1. The van der Waals surface area contributed by atoms with Gasteiger partial charge in [-0.2, -0.15) is 0 Å². The van der Waals surface area contributed by atoms with Gasteiger partial charge in [-0.1, -0.05) is 12.1 Å². The molecule has 0 atom stereocenters. The first-order chi connectivity index (χ1) is 7.59. The van der Waals surface area contributed by atoms with E-state index >= 15 is 0 Å². The standard InChI is InChI=1S/C11H11F3O2/c12-5-11(6-13,7-14)9-3-1-8(2-4-9)10(15)16/h1-4H,5-7H2,(H,15,16). The van der Waals surface area contributed by atoms with Crippen LogP contribution >= 0.6 is 0 Å². The molecule has 0 aliphatic rings. The van der Waals surface area contributed by atoms with Crippen molar-refractivity contribution < 1.29 is 23.1 Å². The predicted molar refractivity (Wildman–Crippen MR) is 53.0 cm³/mol. The lowest BCUT2D eigenvalue weighted by Gasteiger charge is -2.24. The second kappa shape index (κ2) is 5.01. The predicted octanol–water partition coefficient (Wildman–Crippen LogP) is 2.53. The summed E-state index contributed by atoms with van der Waals surface area (Å²) in [5.41, 5.74) is -1.67. The van der Waals surface area contributed by atoms with E-state index in [1.54, 1.807) is 0 Å². The summed E-state index contributed by atoms with van der Waals surface area (Å²) in [5, 5.41) is 8.63. The van der Waals surface area contributed by atoms with Crippen molar-refractivity contribution in [2.24, 2.45) is 0 Å². The number of hydrogen-bond acceptors (Lipinski definition) is 1. The highest BCUT2D eigenvalue weighted by Gasteiger charge is 2.33. The van der Waals surface area contributed by atoms with Crippen molar-refractivity contribution in [1.29, 1.82) is 0 Å². The molecule has 1 aromatic rings. The van der Waals surface area contributed by atoms with Gasteiger partial charge >= 0.3 is 5.97 Å². The van der Waals surface area contributed by atoms with Crippen molar-refractivity contribution in [2.75, 3.05) is 20.0 Å². The van der Waals surface area contributed by atoms with E-state index in [1.165, 1.54) is 24.3 Å². The average Bonchev–Trinajstić information content (AvgIpc) is 2.33. The van der Waals surface area contributed by atoms with Gasteiger partial charge in [-0.15, -0.1) is 0 Å². The van der Waals surface area contributed by atoms with Crippen molar-refractivity contribution in [1.82, 2.24) is 0 Å². The maximum Gasteiger partial charge on any atom is 0.335 e. The number of alkyl halides is 3. The van der Waals surface area contributed by atoms with Crippen LogP contribution in [0.5, 0.6) is 0 Å². The molecule has 0 aromatic heterocycles. The Hall–Kier alpha value is -1.52. The van der Waals surface area contributed by atoms with Gasteiger partial charge < -0.3 is 5.11 Å². The molecule has 0 unspecified atom stereocenters. The van der Waals surface area contributed by atoms with Gasteiger partial charge in [-0.3, -0.25) is 0 Å². The van der Waals surface area contributed by atoms with Crippen LogP contribution in [0, 0.1) is 0 Å². The minimum atomic E-state index is -1.79. The zero-order chi connectivity index (χ0) is 12.2. The summed E-state index contributed by atoms with van der Waals surface area (Å²) in [7, 11) is 0. The highest BCUT2D eigenvalue weighted by molar-refractivity contribution is 5.87. The summed E-state index contributed by atoms with van der Waals surface area (Å²) in [4.78, 5) is 10.5. The second-order valence-electron chi connectivity index (χ2n) is 3.56. The first-order valence-electron chi connectivity index (χ1n) is 4.61. The monoisotopic (exact) mass is 232 g/mol. The lowest BCUT2D eigenvalue weighted by atomic mass is 9.84. The molecule has 0 heterocycles. The van der Waals surface area contributed by atoms with E-state index in [0.29, 0.717) is 0 Å².